The fourth-order valence-corrected chi connectivity index (χ4v) is 3.07. The molecule has 0 heterocycles. The zero-order chi connectivity index (χ0) is 14.0. The standard InChI is InChI=1S/C13H23O4P/c1-5-8-9-10-12(4)13(14)11-18(15,16-6-2)17-7-3/h12H,5-7,10-11H2,1-4H3. The SMILES string of the molecule is CCC#CCC(C)C(=O)CP(=O)(OCC)OCC. The Bertz CT molecular complexity index is 344. The van der Waals surface area contributed by atoms with Gasteiger partial charge in [-0.15, -0.1) is 11.8 Å². The molecule has 4 nitrogen and oxygen atoms in total. The first-order valence-corrected chi connectivity index (χ1v) is 8.08. The van der Waals surface area contributed by atoms with E-state index in [2.05, 4.69) is 11.8 Å². The largest absolute Gasteiger partial charge is 0.338 e. The number of Topliss-reactive ketones (excluding diaryl/α,β-unsaturated/α-hetero) is 1. The third-order valence-corrected chi connectivity index (χ3v) is 4.26. The second kappa shape index (κ2) is 9.33. The number of hydrogen-bond donors (Lipinski definition) is 0. The lowest BCUT2D eigenvalue weighted by molar-refractivity contribution is -0.120. The van der Waals surface area contributed by atoms with Gasteiger partial charge in [-0.25, -0.2) is 0 Å². The van der Waals surface area contributed by atoms with Crippen LogP contribution in [0.25, 0.3) is 0 Å². The van der Waals surface area contributed by atoms with E-state index in [1.165, 1.54) is 0 Å². The molecule has 0 saturated carbocycles. The van der Waals surface area contributed by atoms with Gasteiger partial charge in [0.2, 0.25) is 0 Å². The number of carbonyl (C=O) groups excluding carboxylic acids is 1. The minimum Gasteiger partial charge on any atom is -0.309 e. The Labute approximate surface area is 110 Å². The van der Waals surface area contributed by atoms with Crippen LogP contribution in [0.2, 0.25) is 0 Å². The zero-order valence-corrected chi connectivity index (χ0v) is 12.6. The molecule has 0 spiro atoms. The van der Waals surface area contributed by atoms with Crippen molar-refractivity contribution < 1.29 is 18.4 Å². The van der Waals surface area contributed by atoms with Crippen molar-refractivity contribution in [2.24, 2.45) is 5.92 Å². The summed E-state index contributed by atoms with van der Waals surface area (Å²) in [6.45, 7) is 7.74. The van der Waals surface area contributed by atoms with Crippen LogP contribution in [0.4, 0.5) is 0 Å². The lowest BCUT2D eigenvalue weighted by Crippen LogP contribution is -2.17. The second-order valence-electron chi connectivity index (χ2n) is 3.88. The Hall–Kier alpha value is -0.620. The maximum Gasteiger partial charge on any atom is 0.338 e. The van der Waals surface area contributed by atoms with Gasteiger partial charge in [-0.05, 0) is 13.8 Å². The van der Waals surface area contributed by atoms with E-state index in [-0.39, 0.29) is 31.1 Å². The molecule has 0 N–H and O–H groups in total. The summed E-state index contributed by atoms with van der Waals surface area (Å²) in [6, 6.07) is 0. The fraction of sp³-hybridized carbons (Fsp3) is 0.769. The summed E-state index contributed by atoms with van der Waals surface area (Å²) in [4.78, 5) is 11.9. The molecule has 1 atom stereocenters. The maximum atomic E-state index is 12.2. The predicted molar refractivity (Wildman–Crippen MR) is 72.6 cm³/mol. The molecule has 0 aromatic carbocycles. The monoisotopic (exact) mass is 274 g/mol. The van der Waals surface area contributed by atoms with Crippen LogP contribution in [0, 0.1) is 17.8 Å². The zero-order valence-electron chi connectivity index (χ0n) is 11.7. The summed E-state index contributed by atoms with van der Waals surface area (Å²) in [5.74, 6) is 5.48. The summed E-state index contributed by atoms with van der Waals surface area (Å²) in [7, 11) is -3.27. The number of hydrogen-bond acceptors (Lipinski definition) is 4. The minimum atomic E-state index is -3.27. The quantitative estimate of drug-likeness (QED) is 0.503. The molecule has 0 fully saturated rings. The highest BCUT2D eigenvalue weighted by Gasteiger charge is 2.29. The molecule has 18 heavy (non-hydrogen) atoms. The lowest BCUT2D eigenvalue weighted by Gasteiger charge is -2.17. The molecule has 0 aliphatic heterocycles. The van der Waals surface area contributed by atoms with Gasteiger partial charge in [-0.1, -0.05) is 13.8 Å². The van der Waals surface area contributed by atoms with Crippen molar-refractivity contribution in [3.8, 4) is 11.8 Å². The van der Waals surface area contributed by atoms with Crippen molar-refractivity contribution in [1.82, 2.24) is 0 Å². The molecule has 1 unspecified atom stereocenters. The van der Waals surface area contributed by atoms with E-state index in [0.717, 1.165) is 6.42 Å². The van der Waals surface area contributed by atoms with Crippen molar-refractivity contribution >= 4 is 13.4 Å². The Morgan fingerprint density at radius 3 is 2.17 bits per heavy atom. The van der Waals surface area contributed by atoms with Gasteiger partial charge in [-0.3, -0.25) is 9.36 Å². The van der Waals surface area contributed by atoms with Crippen LogP contribution in [0.15, 0.2) is 0 Å². The third-order valence-electron chi connectivity index (χ3n) is 2.26. The van der Waals surface area contributed by atoms with Crippen molar-refractivity contribution in [1.29, 1.82) is 0 Å². The van der Waals surface area contributed by atoms with Crippen molar-refractivity contribution in [2.75, 3.05) is 19.4 Å². The molecule has 0 aliphatic rings. The summed E-state index contributed by atoms with van der Waals surface area (Å²) in [5.41, 5.74) is 0. The first-order chi connectivity index (χ1) is 8.49. The molecule has 0 rings (SSSR count). The Balaban J connectivity index is 4.45. The fourth-order valence-electron chi connectivity index (χ4n) is 1.33. The van der Waals surface area contributed by atoms with E-state index in [9.17, 15) is 9.36 Å². The number of carbonyl (C=O) groups is 1. The average Bonchev–Trinajstić information content (AvgIpc) is 2.29. The average molecular weight is 274 g/mol. The van der Waals surface area contributed by atoms with Gasteiger partial charge in [0.15, 0.2) is 0 Å². The minimum absolute atomic E-state index is 0.120. The van der Waals surface area contributed by atoms with Crippen LogP contribution in [0.3, 0.4) is 0 Å². The topological polar surface area (TPSA) is 52.6 Å². The molecule has 0 aromatic rings. The van der Waals surface area contributed by atoms with Crippen LogP contribution < -0.4 is 0 Å². The van der Waals surface area contributed by atoms with Crippen molar-refractivity contribution in [2.45, 2.75) is 40.5 Å². The molecule has 5 heteroatoms. The highest BCUT2D eigenvalue weighted by molar-refractivity contribution is 7.54. The van der Waals surface area contributed by atoms with Gasteiger partial charge in [-0.2, -0.15) is 0 Å². The van der Waals surface area contributed by atoms with Gasteiger partial charge >= 0.3 is 7.60 Å². The summed E-state index contributed by atoms with van der Waals surface area (Å²) in [5, 5.41) is 0. The van der Waals surface area contributed by atoms with E-state index in [0.29, 0.717) is 6.42 Å². The van der Waals surface area contributed by atoms with Crippen molar-refractivity contribution in [3.05, 3.63) is 0 Å². The molecule has 0 aromatic heterocycles. The predicted octanol–water partition coefficient (Wildman–Crippen LogP) is 3.26. The molecular weight excluding hydrogens is 251 g/mol. The van der Waals surface area contributed by atoms with E-state index in [1.54, 1.807) is 20.8 Å². The van der Waals surface area contributed by atoms with Crippen LogP contribution in [-0.2, 0) is 18.4 Å². The molecule has 0 amide bonds. The third kappa shape index (κ3) is 6.96. The van der Waals surface area contributed by atoms with Crippen LogP contribution in [-0.4, -0.2) is 25.2 Å². The first-order valence-electron chi connectivity index (χ1n) is 6.35. The van der Waals surface area contributed by atoms with E-state index in [1.807, 2.05) is 6.92 Å². The van der Waals surface area contributed by atoms with Crippen LogP contribution in [0.1, 0.15) is 40.5 Å². The van der Waals surface area contributed by atoms with Crippen LogP contribution in [0.5, 0.6) is 0 Å². The molecule has 0 bridgehead atoms. The summed E-state index contributed by atoms with van der Waals surface area (Å²) < 4.78 is 22.3. The molecule has 104 valence electrons. The maximum absolute atomic E-state index is 12.2. The summed E-state index contributed by atoms with van der Waals surface area (Å²) in [6.07, 6.45) is 1.10. The first kappa shape index (κ1) is 17.4. The Kier molecular flexibility index (Phi) is 9.01. The Morgan fingerprint density at radius 1 is 1.17 bits per heavy atom. The van der Waals surface area contributed by atoms with Crippen molar-refractivity contribution in [3.63, 3.8) is 0 Å². The highest BCUT2D eigenvalue weighted by atomic mass is 31.2. The second-order valence-corrected chi connectivity index (χ2v) is 5.94. The smallest absolute Gasteiger partial charge is 0.309 e. The van der Waals surface area contributed by atoms with Crippen LogP contribution >= 0.6 is 7.60 Å². The molecule has 0 aliphatic carbocycles. The van der Waals surface area contributed by atoms with Gasteiger partial charge in [0.05, 0.1) is 13.2 Å². The van der Waals surface area contributed by atoms with E-state index < -0.39 is 7.60 Å². The van der Waals surface area contributed by atoms with Gasteiger partial charge in [0.1, 0.15) is 11.9 Å². The molecular formula is C13H23O4P. The Morgan fingerprint density at radius 2 is 1.72 bits per heavy atom. The highest BCUT2D eigenvalue weighted by Crippen LogP contribution is 2.48. The number of ketones is 1. The number of rotatable bonds is 8. The molecule has 0 radical (unpaired) electrons. The van der Waals surface area contributed by atoms with Gasteiger partial charge in [0, 0.05) is 18.8 Å². The normalized spacial score (nSPS) is 12.7. The van der Waals surface area contributed by atoms with Gasteiger partial charge < -0.3 is 9.05 Å². The van der Waals surface area contributed by atoms with E-state index in [4.69, 9.17) is 9.05 Å². The lowest BCUT2D eigenvalue weighted by atomic mass is 10.0. The molecule has 0 saturated heterocycles. The van der Waals surface area contributed by atoms with E-state index >= 15 is 0 Å². The summed E-state index contributed by atoms with van der Waals surface area (Å²) >= 11 is 0. The van der Waals surface area contributed by atoms with Gasteiger partial charge in [0.25, 0.3) is 0 Å².